The van der Waals surface area contributed by atoms with Crippen molar-refractivity contribution in [3.8, 4) is 0 Å². The average molecular weight is 399 g/mol. The van der Waals surface area contributed by atoms with E-state index in [2.05, 4.69) is 10.6 Å². The number of hydrogen-bond acceptors (Lipinski definition) is 4. The van der Waals surface area contributed by atoms with Gasteiger partial charge in [0.15, 0.2) is 0 Å². The highest BCUT2D eigenvalue weighted by molar-refractivity contribution is 6.05. The van der Waals surface area contributed by atoms with Crippen LogP contribution >= 0.6 is 0 Å². The van der Waals surface area contributed by atoms with Crippen molar-refractivity contribution in [1.82, 2.24) is 4.57 Å². The topological polar surface area (TPSA) is 72.4 Å². The fourth-order valence-electron chi connectivity index (χ4n) is 3.33. The Hall–Kier alpha value is -4.06. The van der Waals surface area contributed by atoms with E-state index < -0.39 is 5.97 Å². The van der Waals surface area contributed by atoms with E-state index in [1.807, 2.05) is 78.9 Å². The third-order valence-corrected chi connectivity index (χ3v) is 4.74. The summed E-state index contributed by atoms with van der Waals surface area (Å²) in [5.41, 5.74) is 3.87. The van der Waals surface area contributed by atoms with Crippen molar-refractivity contribution < 1.29 is 14.3 Å². The molecule has 150 valence electrons. The molecule has 0 atom stereocenters. The number of hydrogen-bond donors (Lipinski definition) is 2. The zero-order valence-electron chi connectivity index (χ0n) is 16.5. The Balaban J connectivity index is 1.45. The van der Waals surface area contributed by atoms with E-state index in [1.165, 1.54) is 7.11 Å². The lowest BCUT2D eigenvalue weighted by molar-refractivity contribution is -0.116. The van der Waals surface area contributed by atoms with Crippen LogP contribution in [0.1, 0.15) is 10.4 Å². The molecule has 6 nitrogen and oxygen atoms in total. The minimum absolute atomic E-state index is 0.0848. The molecule has 0 spiro atoms. The van der Waals surface area contributed by atoms with Crippen LogP contribution in [0.5, 0.6) is 0 Å². The van der Waals surface area contributed by atoms with Gasteiger partial charge in [0.05, 0.1) is 12.7 Å². The third kappa shape index (κ3) is 4.17. The van der Waals surface area contributed by atoms with E-state index in [1.54, 1.807) is 10.8 Å². The van der Waals surface area contributed by atoms with Crippen LogP contribution < -0.4 is 10.6 Å². The Bertz CT molecular complexity index is 1180. The zero-order valence-corrected chi connectivity index (χ0v) is 16.5. The first-order chi connectivity index (χ1) is 14.6. The monoisotopic (exact) mass is 399 g/mol. The van der Waals surface area contributed by atoms with Gasteiger partial charge in [-0.1, -0.05) is 36.4 Å². The first-order valence-electron chi connectivity index (χ1n) is 9.52. The SMILES string of the molecule is COC(=O)c1cn(CC(=O)Nc2ccc(Nc3ccccc3)cc2)c2ccccc12. The normalized spacial score (nSPS) is 10.6. The average Bonchev–Trinajstić information content (AvgIpc) is 3.14. The van der Waals surface area contributed by atoms with Crippen LogP contribution in [0.4, 0.5) is 17.1 Å². The Kier molecular flexibility index (Phi) is 5.48. The fourth-order valence-corrected chi connectivity index (χ4v) is 3.33. The van der Waals surface area contributed by atoms with Crippen LogP contribution in [0.15, 0.2) is 85.1 Å². The van der Waals surface area contributed by atoms with Crippen molar-refractivity contribution in [2.75, 3.05) is 17.7 Å². The van der Waals surface area contributed by atoms with Gasteiger partial charge in [0, 0.05) is 34.2 Å². The molecule has 0 radical (unpaired) electrons. The Morgan fingerprint density at radius 3 is 2.20 bits per heavy atom. The summed E-state index contributed by atoms with van der Waals surface area (Å²) in [5.74, 6) is -0.609. The van der Waals surface area contributed by atoms with Gasteiger partial charge in [-0.25, -0.2) is 4.79 Å². The highest BCUT2D eigenvalue weighted by Gasteiger charge is 2.16. The lowest BCUT2D eigenvalue weighted by Gasteiger charge is -2.09. The smallest absolute Gasteiger partial charge is 0.340 e. The zero-order chi connectivity index (χ0) is 20.9. The number of para-hydroxylation sites is 2. The van der Waals surface area contributed by atoms with Gasteiger partial charge in [-0.15, -0.1) is 0 Å². The molecule has 1 amide bonds. The molecular formula is C24H21N3O3. The van der Waals surface area contributed by atoms with E-state index in [4.69, 9.17) is 4.74 Å². The second-order valence-electron chi connectivity index (χ2n) is 6.80. The van der Waals surface area contributed by atoms with Crippen LogP contribution in [0, 0.1) is 0 Å². The number of carbonyl (C=O) groups is 2. The molecule has 1 aromatic heterocycles. The Labute approximate surface area is 174 Å². The number of benzene rings is 3. The van der Waals surface area contributed by atoms with Gasteiger partial charge in [0.1, 0.15) is 6.54 Å². The largest absolute Gasteiger partial charge is 0.465 e. The van der Waals surface area contributed by atoms with Crippen molar-refractivity contribution in [2.45, 2.75) is 6.54 Å². The van der Waals surface area contributed by atoms with Gasteiger partial charge < -0.3 is 19.9 Å². The molecule has 30 heavy (non-hydrogen) atoms. The summed E-state index contributed by atoms with van der Waals surface area (Å²) in [4.78, 5) is 24.6. The molecule has 6 heteroatoms. The second kappa shape index (κ2) is 8.53. The van der Waals surface area contributed by atoms with Gasteiger partial charge in [-0.2, -0.15) is 0 Å². The van der Waals surface area contributed by atoms with E-state index in [0.29, 0.717) is 11.3 Å². The number of methoxy groups -OCH3 is 1. The predicted octanol–water partition coefficient (Wildman–Crippen LogP) is 4.81. The van der Waals surface area contributed by atoms with E-state index in [-0.39, 0.29) is 12.5 Å². The molecule has 0 saturated carbocycles. The van der Waals surface area contributed by atoms with Crippen LogP contribution in [0.25, 0.3) is 10.9 Å². The Morgan fingerprint density at radius 2 is 1.47 bits per heavy atom. The number of nitrogens with one attached hydrogen (secondary N) is 2. The van der Waals surface area contributed by atoms with Crippen LogP contribution in [0.2, 0.25) is 0 Å². The van der Waals surface area contributed by atoms with Crippen LogP contribution in [-0.4, -0.2) is 23.6 Å². The Morgan fingerprint density at radius 1 is 0.833 bits per heavy atom. The minimum Gasteiger partial charge on any atom is -0.465 e. The van der Waals surface area contributed by atoms with Crippen molar-refractivity contribution in [2.24, 2.45) is 0 Å². The molecule has 3 aromatic carbocycles. The fraction of sp³-hybridized carbons (Fsp3) is 0.0833. The van der Waals surface area contributed by atoms with Gasteiger partial charge >= 0.3 is 5.97 Å². The number of amides is 1. The number of rotatable bonds is 6. The van der Waals surface area contributed by atoms with E-state index >= 15 is 0 Å². The molecule has 4 rings (SSSR count). The van der Waals surface area contributed by atoms with E-state index in [0.717, 1.165) is 22.3 Å². The van der Waals surface area contributed by atoms with Gasteiger partial charge in [-0.05, 0) is 42.5 Å². The summed E-state index contributed by atoms with van der Waals surface area (Å²) in [6.45, 7) is 0.0848. The number of ether oxygens (including phenoxy) is 1. The summed E-state index contributed by atoms with van der Waals surface area (Å²) in [7, 11) is 1.34. The van der Waals surface area contributed by atoms with Crippen molar-refractivity contribution in [1.29, 1.82) is 0 Å². The summed E-state index contributed by atoms with van der Waals surface area (Å²) < 4.78 is 6.61. The third-order valence-electron chi connectivity index (χ3n) is 4.74. The van der Waals surface area contributed by atoms with Crippen molar-refractivity contribution in [3.05, 3.63) is 90.6 Å². The lowest BCUT2D eigenvalue weighted by Crippen LogP contribution is -2.18. The van der Waals surface area contributed by atoms with Gasteiger partial charge in [0.25, 0.3) is 0 Å². The molecule has 0 unspecified atom stereocenters. The molecule has 0 bridgehead atoms. The number of aromatic nitrogens is 1. The predicted molar refractivity (Wildman–Crippen MR) is 118 cm³/mol. The number of carbonyl (C=O) groups excluding carboxylic acids is 2. The molecule has 2 N–H and O–H groups in total. The first kappa shape index (κ1) is 19.3. The van der Waals surface area contributed by atoms with Gasteiger partial charge in [0.2, 0.25) is 5.91 Å². The number of fused-ring (bicyclic) bond motifs is 1. The highest BCUT2D eigenvalue weighted by Crippen LogP contribution is 2.23. The summed E-state index contributed by atoms with van der Waals surface area (Å²) in [5, 5.41) is 6.96. The molecule has 1 heterocycles. The maximum atomic E-state index is 12.6. The molecule has 0 aliphatic heterocycles. The number of anilines is 3. The van der Waals surface area contributed by atoms with Gasteiger partial charge in [-0.3, -0.25) is 4.79 Å². The molecule has 0 saturated heterocycles. The molecule has 0 fully saturated rings. The van der Waals surface area contributed by atoms with Crippen LogP contribution in [-0.2, 0) is 16.1 Å². The quantitative estimate of drug-likeness (QED) is 0.457. The lowest BCUT2D eigenvalue weighted by atomic mass is 10.2. The maximum Gasteiger partial charge on any atom is 0.340 e. The maximum absolute atomic E-state index is 12.6. The minimum atomic E-state index is -0.424. The molecular weight excluding hydrogens is 378 g/mol. The van der Waals surface area contributed by atoms with Crippen molar-refractivity contribution >= 4 is 39.8 Å². The molecule has 4 aromatic rings. The number of esters is 1. The highest BCUT2D eigenvalue weighted by atomic mass is 16.5. The first-order valence-corrected chi connectivity index (χ1v) is 9.52. The van der Waals surface area contributed by atoms with Crippen molar-refractivity contribution in [3.63, 3.8) is 0 Å². The second-order valence-corrected chi connectivity index (χ2v) is 6.80. The summed E-state index contributed by atoms with van der Waals surface area (Å²) >= 11 is 0. The standard InChI is InChI=1S/C24H21N3O3/c1-30-24(29)21-15-27(22-10-6-5-9-20(21)22)16-23(28)26-19-13-11-18(12-14-19)25-17-7-3-2-4-8-17/h2-15,25H,16H2,1H3,(H,26,28). The summed E-state index contributed by atoms with van der Waals surface area (Å²) in [6, 6.07) is 24.8. The number of nitrogens with zero attached hydrogens (tertiary/aromatic N) is 1. The molecule has 0 aliphatic rings. The molecule has 0 aliphatic carbocycles. The van der Waals surface area contributed by atoms with E-state index in [9.17, 15) is 9.59 Å². The van der Waals surface area contributed by atoms with Crippen LogP contribution in [0.3, 0.4) is 0 Å². The summed E-state index contributed by atoms with van der Waals surface area (Å²) in [6.07, 6.45) is 1.66.